The Morgan fingerprint density at radius 2 is 1.92 bits per heavy atom. The number of rotatable bonds is 7. The lowest BCUT2D eigenvalue weighted by Crippen LogP contribution is -2.26. The van der Waals surface area contributed by atoms with E-state index < -0.39 is 10.0 Å². The Labute approximate surface area is 148 Å². The highest BCUT2D eigenvalue weighted by atomic mass is 32.2. The van der Waals surface area contributed by atoms with Crippen LogP contribution in [0.2, 0.25) is 0 Å². The topological polar surface area (TPSA) is 60.3 Å². The molecule has 0 aliphatic heterocycles. The number of hydrogen-bond donors (Lipinski definition) is 1. The van der Waals surface area contributed by atoms with E-state index >= 15 is 0 Å². The summed E-state index contributed by atoms with van der Waals surface area (Å²) in [6.07, 6.45) is 2.73. The van der Waals surface area contributed by atoms with Gasteiger partial charge in [-0.15, -0.1) is 0 Å². The van der Waals surface area contributed by atoms with Gasteiger partial charge in [0.2, 0.25) is 10.0 Å². The number of methoxy groups -OCH3 is 1. The van der Waals surface area contributed by atoms with Crippen LogP contribution in [-0.4, -0.2) is 26.6 Å². The second-order valence-corrected chi connectivity index (χ2v) is 7.71. The molecule has 0 atom stereocenters. The van der Waals surface area contributed by atoms with Gasteiger partial charge in [-0.25, -0.2) is 13.1 Å². The lowest BCUT2D eigenvalue weighted by atomic mass is 10.2. The SMILES string of the molecule is COc1ccc(C)cc1S(=O)(=O)NCCCn1ccc2ccccc21. The van der Waals surface area contributed by atoms with Crippen LogP contribution in [-0.2, 0) is 16.6 Å². The summed E-state index contributed by atoms with van der Waals surface area (Å²) in [6, 6.07) is 15.3. The quantitative estimate of drug-likeness (QED) is 0.659. The smallest absolute Gasteiger partial charge is 0.244 e. The Hall–Kier alpha value is -2.31. The first-order valence-electron chi connectivity index (χ1n) is 8.19. The fraction of sp³-hybridized carbons (Fsp3) is 0.263. The molecule has 25 heavy (non-hydrogen) atoms. The molecule has 0 bridgehead atoms. The van der Waals surface area contributed by atoms with Crippen molar-refractivity contribution in [2.45, 2.75) is 24.8 Å². The summed E-state index contributed by atoms with van der Waals surface area (Å²) in [5, 5.41) is 1.19. The van der Waals surface area contributed by atoms with E-state index in [2.05, 4.69) is 27.5 Å². The highest BCUT2D eigenvalue weighted by molar-refractivity contribution is 7.89. The third kappa shape index (κ3) is 3.86. The second kappa shape index (κ2) is 7.29. The molecule has 0 fully saturated rings. The first kappa shape index (κ1) is 17.5. The van der Waals surface area contributed by atoms with E-state index in [1.54, 1.807) is 12.1 Å². The van der Waals surface area contributed by atoms with E-state index in [0.29, 0.717) is 18.7 Å². The van der Waals surface area contributed by atoms with Gasteiger partial charge >= 0.3 is 0 Å². The van der Waals surface area contributed by atoms with Crippen LogP contribution in [0.1, 0.15) is 12.0 Å². The van der Waals surface area contributed by atoms with Gasteiger partial charge in [0, 0.05) is 24.8 Å². The second-order valence-electron chi connectivity index (χ2n) is 5.97. The van der Waals surface area contributed by atoms with Gasteiger partial charge in [-0.2, -0.15) is 0 Å². The third-order valence-corrected chi connectivity index (χ3v) is 5.64. The largest absolute Gasteiger partial charge is 0.495 e. The molecule has 0 aliphatic rings. The molecular weight excluding hydrogens is 336 g/mol. The molecular formula is C19H22N2O3S. The predicted octanol–water partition coefficient (Wildman–Crippen LogP) is 3.33. The van der Waals surface area contributed by atoms with Crippen LogP contribution < -0.4 is 9.46 Å². The fourth-order valence-electron chi connectivity index (χ4n) is 2.86. The Balaban J connectivity index is 1.64. The van der Waals surface area contributed by atoms with E-state index in [9.17, 15) is 8.42 Å². The van der Waals surface area contributed by atoms with Gasteiger partial charge in [0.25, 0.3) is 0 Å². The summed E-state index contributed by atoms with van der Waals surface area (Å²) in [4.78, 5) is 0.182. The van der Waals surface area contributed by atoms with Crippen molar-refractivity contribution in [2.24, 2.45) is 0 Å². The highest BCUT2D eigenvalue weighted by Crippen LogP contribution is 2.24. The van der Waals surface area contributed by atoms with Crippen LogP contribution >= 0.6 is 0 Å². The molecule has 0 saturated carbocycles. The monoisotopic (exact) mass is 358 g/mol. The molecule has 5 nitrogen and oxygen atoms in total. The minimum atomic E-state index is -3.59. The van der Waals surface area contributed by atoms with Crippen molar-refractivity contribution in [3.8, 4) is 5.75 Å². The number of nitrogens with one attached hydrogen (secondary N) is 1. The van der Waals surface area contributed by atoms with E-state index in [1.807, 2.05) is 31.3 Å². The summed E-state index contributed by atoms with van der Waals surface area (Å²) >= 11 is 0. The summed E-state index contributed by atoms with van der Waals surface area (Å²) in [5.74, 6) is 0.356. The molecule has 1 aromatic heterocycles. The molecule has 0 amide bonds. The van der Waals surface area contributed by atoms with Gasteiger partial charge in [0.1, 0.15) is 10.6 Å². The van der Waals surface area contributed by atoms with Crippen molar-refractivity contribution >= 4 is 20.9 Å². The van der Waals surface area contributed by atoms with Crippen LogP contribution in [0.4, 0.5) is 0 Å². The number of sulfonamides is 1. The van der Waals surface area contributed by atoms with Crippen LogP contribution in [0.25, 0.3) is 10.9 Å². The summed E-state index contributed by atoms with van der Waals surface area (Å²) in [6.45, 7) is 2.97. The molecule has 0 saturated heterocycles. The first-order valence-corrected chi connectivity index (χ1v) is 9.68. The van der Waals surface area contributed by atoms with Crippen molar-refractivity contribution in [2.75, 3.05) is 13.7 Å². The first-order chi connectivity index (χ1) is 12.0. The van der Waals surface area contributed by atoms with Crippen LogP contribution in [0, 0.1) is 6.92 Å². The lowest BCUT2D eigenvalue weighted by molar-refractivity contribution is 0.402. The number of hydrogen-bond acceptors (Lipinski definition) is 3. The number of ether oxygens (including phenoxy) is 1. The van der Waals surface area contributed by atoms with Crippen LogP contribution in [0.15, 0.2) is 59.6 Å². The normalized spacial score (nSPS) is 11.8. The van der Waals surface area contributed by atoms with E-state index in [0.717, 1.165) is 17.6 Å². The average Bonchev–Trinajstić information content (AvgIpc) is 3.02. The van der Waals surface area contributed by atoms with Crippen LogP contribution in [0.3, 0.4) is 0 Å². The standard InChI is InChI=1S/C19H22N2O3S/c1-15-8-9-18(24-2)19(14-15)25(22,23)20-11-5-12-21-13-10-16-6-3-4-7-17(16)21/h3-4,6-10,13-14,20H,5,11-12H2,1-2H3. The van der Waals surface area contributed by atoms with Crippen molar-refractivity contribution in [1.29, 1.82) is 0 Å². The van der Waals surface area contributed by atoms with Gasteiger partial charge in [-0.1, -0.05) is 24.3 Å². The Morgan fingerprint density at radius 1 is 1.12 bits per heavy atom. The minimum absolute atomic E-state index is 0.182. The number of para-hydroxylation sites is 1. The van der Waals surface area contributed by atoms with Crippen molar-refractivity contribution in [1.82, 2.24) is 9.29 Å². The molecule has 0 unspecified atom stereocenters. The molecule has 0 aliphatic carbocycles. The molecule has 1 heterocycles. The Bertz CT molecular complexity index is 977. The zero-order chi connectivity index (χ0) is 17.9. The molecule has 3 aromatic rings. The van der Waals surface area contributed by atoms with Gasteiger partial charge in [0.05, 0.1) is 7.11 Å². The molecule has 6 heteroatoms. The zero-order valence-corrected chi connectivity index (χ0v) is 15.2. The summed E-state index contributed by atoms with van der Waals surface area (Å²) in [5.41, 5.74) is 2.03. The molecule has 0 spiro atoms. The minimum Gasteiger partial charge on any atom is -0.495 e. The molecule has 1 N–H and O–H groups in total. The van der Waals surface area contributed by atoms with Gasteiger partial charge in [-0.3, -0.25) is 0 Å². The molecule has 132 valence electrons. The van der Waals surface area contributed by atoms with E-state index in [4.69, 9.17) is 4.74 Å². The molecule has 3 rings (SSSR count). The van der Waals surface area contributed by atoms with Crippen molar-refractivity contribution in [3.05, 3.63) is 60.3 Å². The Kier molecular flexibility index (Phi) is 5.11. The highest BCUT2D eigenvalue weighted by Gasteiger charge is 2.19. The van der Waals surface area contributed by atoms with Gasteiger partial charge < -0.3 is 9.30 Å². The number of aromatic nitrogens is 1. The Morgan fingerprint density at radius 3 is 2.72 bits per heavy atom. The number of fused-ring (bicyclic) bond motifs is 1. The van der Waals surface area contributed by atoms with Gasteiger partial charge in [0.15, 0.2) is 0 Å². The predicted molar refractivity (Wildman–Crippen MR) is 99.5 cm³/mol. The summed E-state index contributed by atoms with van der Waals surface area (Å²) in [7, 11) is -2.12. The van der Waals surface area contributed by atoms with Crippen LogP contribution in [0.5, 0.6) is 5.75 Å². The number of aryl methyl sites for hydroxylation is 2. The van der Waals surface area contributed by atoms with E-state index in [-0.39, 0.29) is 4.90 Å². The molecule has 2 aromatic carbocycles. The maximum absolute atomic E-state index is 12.5. The fourth-order valence-corrected chi connectivity index (χ4v) is 4.19. The summed E-state index contributed by atoms with van der Waals surface area (Å²) < 4.78 is 35.1. The maximum Gasteiger partial charge on any atom is 0.244 e. The molecule has 0 radical (unpaired) electrons. The van der Waals surface area contributed by atoms with E-state index in [1.165, 1.54) is 12.5 Å². The average molecular weight is 358 g/mol. The zero-order valence-electron chi connectivity index (χ0n) is 14.4. The number of benzene rings is 2. The van der Waals surface area contributed by atoms with Crippen molar-refractivity contribution in [3.63, 3.8) is 0 Å². The van der Waals surface area contributed by atoms with Crippen molar-refractivity contribution < 1.29 is 13.2 Å². The third-order valence-electron chi connectivity index (χ3n) is 4.16. The lowest BCUT2D eigenvalue weighted by Gasteiger charge is -2.12. The number of nitrogens with zero attached hydrogens (tertiary/aromatic N) is 1. The van der Waals surface area contributed by atoms with Gasteiger partial charge in [-0.05, 0) is 48.6 Å². The maximum atomic E-state index is 12.5.